The minimum absolute atomic E-state index is 0.0399. The van der Waals surface area contributed by atoms with Gasteiger partial charge in [-0.25, -0.2) is 4.79 Å². The Morgan fingerprint density at radius 1 is 1.13 bits per heavy atom. The van der Waals surface area contributed by atoms with Crippen LogP contribution in [0.25, 0.3) is 0 Å². The fourth-order valence-electron chi connectivity index (χ4n) is 4.47. The largest absolute Gasteiger partial charge is 0.462 e. The molecule has 4 rings (SSSR count). The Bertz CT molecular complexity index is 1160. The molecular formula is C25H24N2O4. The summed E-state index contributed by atoms with van der Waals surface area (Å²) in [4.78, 5) is 23.6. The second-order valence-electron chi connectivity index (χ2n) is 7.89. The first-order chi connectivity index (χ1) is 14.9. The number of nitro groups is 1. The fraction of sp³-hybridized carbons (Fsp3) is 0.240. The van der Waals surface area contributed by atoms with Crippen molar-refractivity contribution in [2.24, 2.45) is 0 Å². The van der Waals surface area contributed by atoms with Gasteiger partial charge in [0.1, 0.15) is 5.56 Å². The summed E-state index contributed by atoms with van der Waals surface area (Å²) in [5, 5.41) is 15.5. The first-order valence-electron chi connectivity index (χ1n) is 10.3. The maximum Gasteiger partial charge on any atom is 0.345 e. The second-order valence-corrected chi connectivity index (χ2v) is 7.89. The number of hydrogen-bond acceptors (Lipinski definition) is 5. The molecule has 3 aromatic rings. The molecule has 0 bridgehead atoms. The van der Waals surface area contributed by atoms with E-state index in [1.54, 1.807) is 13.0 Å². The number of carbonyl (C=O) groups excluding carboxylic acids is 1. The smallest absolute Gasteiger partial charge is 0.345 e. The van der Waals surface area contributed by atoms with Gasteiger partial charge in [-0.2, -0.15) is 0 Å². The second kappa shape index (κ2) is 7.87. The van der Waals surface area contributed by atoms with Gasteiger partial charge in [-0.1, -0.05) is 48.0 Å². The van der Waals surface area contributed by atoms with Crippen molar-refractivity contribution < 1.29 is 14.5 Å². The molecule has 31 heavy (non-hydrogen) atoms. The number of carbonyl (C=O) groups is 1. The standard InChI is InChI=1S/C25H24N2O4/c1-4-31-24(28)20-11-10-19(14-23(20)27(29)30)25(21-12-9-16(2)13-17(21)3)15-18-7-5-6-8-22(18)26-25/h5-14,26H,4,15H2,1-3H3. The van der Waals surface area contributed by atoms with Gasteiger partial charge in [-0.3, -0.25) is 10.1 Å². The quantitative estimate of drug-likeness (QED) is 0.347. The van der Waals surface area contributed by atoms with Crippen LogP contribution in [0.2, 0.25) is 0 Å². The van der Waals surface area contributed by atoms with E-state index in [9.17, 15) is 14.9 Å². The molecule has 0 saturated carbocycles. The van der Waals surface area contributed by atoms with Crippen molar-refractivity contribution in [1.82, 2.24) is 0 Å². The van der Waals surface area contributed by atoms with Crippen LogP contribution >= 0.6 is 0 Å². The molecule has 1 heterocycles. The van der Waals surface area contributed by atoms with Gasteiger partial charge >= 0.3 is 5.97 Å². The number of ether oxygens (including phenoxy) is 1. The summed E-state index contributed by atoms with van der Waals surface area (Å²) >= 11 is 0. The third-order valence-electron chi connectivity index (χ3n) is 5.85. The fourth-order valence-corrected chi connectivity index (χ4v) is 4.47. The van der Waals surface area contributed by atoms with Crippen molar-refractivity contribution >= 4 is 17.3 Å². The minimum atomic E-state index is -0.691. The predicted molar refractivity (Wildman–Crippen MR) is 120 cm³/mol. The molecule has 1 N–H and O–H groups in total. The van der Waals surface area contributed by atoms with Gasteiger partial charge in [0.15, 0.2) is 0 Å². The van der Waals surface area contributed by atoms with Crippen molar-refractivity contribution in [3.05, 3.63) is 104 Å². The van der Waals surface area contributed by atoms with E-state index >= 15 is 0 Å². The van der Waals surface area contributed by atoms with E-state index in [1.165, 1.54) is 12.1 Å². The molecule has 0 fully saturated rings. The zero-order valence-electron chi connectivity index (χ0n) is 17.8. The summed E-state index contributed by atoms with van der Waals surface area (Å²) in [6, 6.07) is 19.1. The first-order valence-corrected chi connectivity index (χ1v) is 10.3. The molecular weight excluding hydrogens is 392 g/mol. The molecule has 158 valence electrons. The summed E-state index contributed by atoms with van der Waals surface area (Å²) in [7, 11) is 0. The van der Waals surface area contributed by atoms with Crippen LogP contribution in [-0.4, -0.2) is 17.5 Å². The molecule has 6 heteroatoms. The molecule has 0 spiro atoms. The number of nitrogens with zero attached hydrogens (tertiary/aromatic N) is 1. The molecule has 0 aromatic heterocycles. The number of aryl methyl sites for hydroxylation is 2. The lowest BCUT2D eigenvalue weighted by atomic mass is 9.78. The Morgan fingerprint density at radius 2 is 1.90 bits per heavy atom. The summed E-state index contributed by atoms with van der Waals surface area (Å²) in [5.41, 5.74) is 5.19. The van der Waals surface area contributed by atoms with Crippen LogP contribution in [0.3, 0.4) is 0 Å². The van der Waals surface area contributed by atoms with Crippen LogP contribution < -0.4 is 5.32 Å². The van der Waals surface area contributed by atoms with Crippen LogP contribution in [0, 0.1) is 24.0 Å². The highest BCUT2D eigenvalue weighted by Crippen LogP contribution is 2.46. The van der Waals surface area contributed by atoms with Crippen molar-refractivity contribution in [2.75, 3.05) is 11.9 Å². The van der Waals surface area contributed by atoms with Crippen LogP contribution in [0.1, 0.15) is 45.1 Å². The third-order valence-corrected chi connectivity index (χ3v) is 5.85. The number of fused-ring (bicyclic) bond motifs is 1. The monoisotopic (exact) mass is 416 g/mol. The average molecular weight is 416 g/mol. The van der Waals surface area contributed by atoms with E-state index in [0.29, 0.717) is 6.42 Å². The van der Waals surface area contributed by atoms with Crippen LogP contribution in [-0.2, 0) is 16.7 Å². The zero-order chi connectivity index (χ0) is 22.2. The van der Waals surface area contributed by atoms with Gasteiger partial charge in [-0.05, 0) is 55.2 Å². The molecule has 0 radical (unpaired) electrons. The number of nitrogens with one attached hydrogen (secondary N) is 1. The molecule has 3 aromatic carbocycles. The number of anilines is 1. The minimum Gasteiger partial charge on any atom is -0.462 e. The first kappa shape index (κ1) is 20.6. The van der Waals surface area contributed by atoms with E-state index in [-0.39, 0.29) is 17.9 Å². The molecule has 6 nitrogen and oxygen atoms in total. The molecule has 1 aliphatic rings. The van der Waals surface area contributed by atoms with E-state index in [1.807, 2.05) is 25.1 Å². The highest BCUT2D eigenvalue weighted by molar-refractivity contribution is 5.94. The topological polar surface area (TPSA) is 81.5 Å². The molecule has 1 unspecified atom stereocenters. The molecule has 0 amide bonds. The maximum absolute atomic E-state index is 12.3. The van der Waals surface area contributed by atoms with E-state index in [0.717, 1.165) is 33.5 Å². The van der Waals surface area contributed by atoms with E-state index in [4.69, 9.17) is 4.74 Å². The van der Waals surface area contributed by atoms with Gasteiger partial charge in [0, 0.05) is 18.2 Å². The van der Waals surface area contributed by atoms with Gasteiger partial charge in [0.05, 0.1) is 17.1 Å². The van der Waals surface area contributed by atoms with E-state index < -0.39 is 16.4 Å². The average Bonchev–Trinajstić information content (AvgIpc) is 3.13. The lowest BCUT2D eigenvalue weighted by Crippen LogP contribution is -2.35. The number of esters is 1. The predicted octanol–water partition coefficient (Wildman–Crippen LogP) is 5.30. The van der Waals surface area contributed by atoms with Crippen LogP contribution in [0.5, 0.6) is 0 Å². The number of hydrogen-bond donors (Lipinski definition) is 1. The Morgan fingerprint density at radius 3 is 2.58 bits per heavy atom. The number of nitro benzene ring substituents is 1. The Kier molecular flexibility index (Phi) is 5.23. The van der Waals surface area contributed by atoms with Crippen molar-refractivity contribution in [1.29, 1.82) is 0 Å². The molecule has 1 aliphatic heterocycles. The van der Waals surface area contributed by atoms with Gasteiger partial charge in [-0.15, -0.1) is 0 Å². The highest BCUT2D eigenvalue weighted by Gasteiger charge is 2.42. The van der Waals surface area contributed by atoms with Gasteiger partial charge in [0.25, 0.3) is 5.69 Å². The summed E-state index contributed by atoms with van der Waals surface area (Å²) < 4.78 is 5.02. The number of benzene rings is 3. The van der Waals surface area contributed by atoms with Crippen molar-refractivity contribution in [3.63, 3.8) is 0 Å². The summed E-state index contributed by atoms with van der Waals surface area (Å²) in [6.07, 6.45) is 0.642. The van der Waals surface area contributed by atoms with Crippen molar-refractivity contribution in [2.45, 2.75) is 32.7 Å². The Balaban J connectivity index is 1.92. The van der Waals surface area contributed by atoms with Crippen LogP contribution in [0.15, 0.2) is 60.7 Å². The SMILES string of the molecule is CCOC(=O)c1ccc(C2(c3ccc(C)cc3C)Cc3ccccc3N2)cc1[N+](=O)[O-]. The number of para-hydroxylation sites is 1. The Labute approximate surface area is 181 Å². The number of rotatable bonds is 5. The molecule has 0 saturated heterocycles. The maximum atomic E-state index is 12.3. The van der Waals surface area contributed by atoms with E-state index in [2.05, 4.69) is 36.5 Å². The third kappa shape index (κ3) is 3.54. The lowest BCUT2D eigenvalue weighted by molar-refractivity contribution is -0.385. The highest BCUT2D eigenvalue weighted by atomic mass is 16.6. The van der Waals surface area contributed by atoms with Gasteiger partial charge in [0.2, 0.25) is 0 Å². The molecule has 0 aliphatic carbocycles. The van der Waals surface area contributed by atoms with Crippen molar-refractivity contribution in [3.8, 4) is 0 Å². The van der Waals surface area contributed by atoms with Crippen LogP contribution in [0.4, 0.5) is 11.4 Å². The molecule has 1 atom stereocenters. The Hall–Kier alpha value is -3.67. The lowest BCUT2D eigenvalue weighted by Gasteiger charge is -2.33. The van der Waals surface area contributed by atoms with Gasteiger partial charge < -0.3 is 10.1 Å². The zero-order valence-corrected chi connectivity index (χ0v) is 17.8. The summed E-state index contributed by atoms with van der Waals surface area (Å²) in [5.74, 6) is -0.691. The summed E-state index contributed by atoms with van der Waals surface area (Å²) in [6.45, 7) is 5.92. The normalized spacial score (nSPS) is 17.0.